The van der Waals surface area contributed by atoms with Gasteiger partial charge in [-0.05, 0) is 6.08 Å². The van der Waals surface area contributed by atoms with Crippen LogP contribution in [0.5, 0.6) is 0 Å². The minimum atomic E-state index is -0.879. The number of morpholine rings is 1. The Morgan fingerprint density at radius 2 is 2.41 bits per heavy atom. The van der Waals surface area contributed by atoms with Crippen LogP contribution >= 0.6 is 0 Å². The van der Waals surface area contributed by atoms with Gasteiger partial charge in [-0.25, -0.2) is 4.79 Å². The molecule has 1 aliphatic heterocycles. The van der Waals surface area contributed by atoms with Gasteiger partial charge in [0.2, 0.25) is 0 Å². The van der Waals surface area contributed by atoms with Crippen LogP contribution in [-0.4, -0.2) is 42.3 Å². The summed E-state index contributed by atoms with van der Waals surface area (Å²) in [5.74, 6) is -0.977. The highest BCUT2D eigenvalue weighted by Crippen LogP contribution is 2.26. The molecule has 2 N–H and O–H groups in total. The number of hydrogen-bond donors (Lipinski definition) is 2. The van der Waals surface area contributed by atoms with E-state index in [4.69, 9.17) is 4.74 Å². The van der Waals surface area contributed by atoms with E-state index in [1.807, 2.05) is 0 Å². The fraction of sp³-hybridized carbons (Fsp3) is 0.455. The lowest BCUT2D eigenvalue weighted by atomic mass is 9.89. The first-order valence-corrected chi connectivity index (χ1v) is 5.16. The topological polar surface area (TPSA) is 84.9 Å². The number of nitrogens with one attached hydrogen (secondary N) is 1. The lowest BCUT2D eigenvalue weighted by Gasteiger charge is -2.38. The summed E-state index contributed by atoms with van der Waals surface area (Å²) in [5, 5.41) is 12.4. The molecule has 0 radical (unpaired) electrons. The van der Waals surface area contributed by atoms with Crippen LogP contribution in [0.4, 0.5) is 0 Å². The second-order valence-corrected chi connectivity index (χ2v) is 3.96. The van der Waals surface area contributed by atoms with Gasteiger partial charge in [-0.15, -0.1) is 0 Å². The van der Waals surface area contributed by atoms with Crippen molar-refractivity contribution in [3.8, 4) is 0 Å². The summed E-state index contributed by atoms with van der Waals surface area (Å²) in [6.07, 6.45) is 0.215. The fourth-order valence-corrected chi connectivity index (χ4v) is 1.96. The highest BCUT2D eigenvalue weighted by atomic mass is 16.5. The van der Waals surface area contributed by atoms with Crippen molar-refractivity contribution >= 4 is 11.9 Å². The number of amides is 1. The Morgan fingerprint density at radius 3 is 3.06 bits per heavy atom. The molecule has 0 aromatic rings. The first kappa shape index (κ1) is 11.7. The average molecular weight is 239 g/mol. The number of fused-ring (bicyclic) bond motifs is 1. The predicted molar refractivity (Wildman–Crippen MR) is 56.7 cm³/mol. The normalized spacial score (nSPS) is 31.9. The number of carbonyl (C=O) groups is 2. The molecule has 1 fully saturated rings. The van der Waals surface area contributed by atoms with Gasteiger partial charge in [-0.1, -0.05) is 6.58 Å². The number of ether oxygens (including phenoxy) is 2. The number of aliphatic hydroxyl groups is 1. The molecule has 2 rings (SSSR count). The first-order valence-electron chi connectivity index (χ1n) is 5.16. The van der Waals surface area contributed by atoms with Gasteiger partial charge in [-0.3, -0.25) is 4.79 Å². The Morgan fingerprint density at radius 1 is 1.71 bits per heavy atom. The van der Waals surface area contributed by atoms with E-state index in [2.05, 4.69) is 16.6 Å². The monoisotopic (exact) mass is 239 g/mol. The molecule has 0 saturated carbocycles. The Kier molecular flexibility index (Phi) is 2.89. The number of esters is 1. The van der Waals surface area contributed by atoms with E-state index in [0.717, 1.165) is 0 Å². The molecular formula is C11H13NO5. The molecule has 17 heavy (non-hydrogen) atoms. The van der Waals surface area contributed by atoms with Crippen LogP contribution in [0.2, 0.25) is 0 Å². The van der Waals surface area contributed by atoms with Crippen LogP contribution in [0.25, 0.3) is 0 Å². The van der Waals surface area contributed by atoms with Gasteiger partial charge in [0.25, 0.3) is 5.91 Å². The third kappa shape index (κ3) is 2.03. The van der Waals surface area contributed by atoms with E-state index in [0.29, 0.717) is 5.57 Å². The van der Waals surface area contributed by atoms with Crippen LogP contribution in [0, 0.1) is 0 Å². The van der Waals surface area contributed by atoms with Crippen LogP contribution in [-0.2, 0) is 19.1 Å². The highest BCUT2D eigenvalue weighted by molar-refractivity contribution is 5.93. The molecule has 0 spiro atoms. The highest BCUT2D eigenvalue weighted by Gasteiger charge is 2.40. The number of methoxy groups -OCH3 is 1. The predicted octanol–water partition coefficient (Wildman–Crippen LogP) is -0.752. The minimum absolute atomic E-state index is 0.0270. The quantitative estimate of drug-likeness (QED) is 0.464. The standard InChI is InChI=1S/C11H13NO5/c1-5-10(14)12-9-7(13)3-6(11(15)16-2)4-8(9)17-5/h4,7-9,13H,1,3H2,2H3,(H,12,14). The minimum Gasteiger partial charge on any atom is -0.479 e. The van der Waals surface area contributed by atoms with E-state index < -0.39 is 30.1 Å². The number of hydrogen-bond acceptors (Lipinski definition) is 5. The summed E-state index contributed by atoms with van der Waals surface area (Å²) in [7, 11) is 1.27. The molecule has 1 heterocycles. The molecule has 0 aromatic carbocycles. The summed E-state index contributed by atoms with van der Waals surface area (Å²) in [4.78, 5) is 22.7. The number of aliphatic hydroxyl groups excluding tert-OH is 1. The maximum atomic E-state index is 11.4. The van der Waals surface area contributed by atoms with Gasteiger partial charge in [0.15, 0.2) is 5.76 Å². The molecular weight excluding hydrogens is 226 g/mol. The lowest BCUT2D eigenvalue weighted by molar-refractivity contribution is -0.137. The average Bonchev–Trinajstić information content (AvgIpc) is 2.30. The van der Waals surface area contributed by atoms with Gasteiger partial charge in [0.1, 0.15) is 6.10 Å². The van der Waals surface area contributed by atoms with Crippen molar-refractivity contribution < 1.29 is 24.2 Å². The van der Waals surface area contributed by atoms with Crippen molar-refractivity contribution in [3.05, 3.63) is 24.0 Å². The van der Waals surface area contributed by atoms with Gasteiger partial charge in [0, 0.05) is 12.0 Å². The summed E-state index contributed by atoms with van der Waals surface area (Å²) in [5.41, 5.74) is 0.338. The molecule has 1 saturated heterocycles. The molecule has 0 bridgehead atoms. The summed E-state index contributed by atoms with van der Waals surface area (Å²) >= 11 is 0. The van der Waals surface area contributed by atoms with E-state index in [-0.39, 0.29) is 12.2 Å². The zero-order chi connectivity index (χ0) is 12.6. The zero-order valence-electron chi connectivity index (χ0n) is 9.30. The van der Waals surface area contributed by atoms with Crippen LogP contribution < -0.4 is 5.32 Å². The maximum Gasteiger partial charge on any atom is 0.333 e. The van der Waals surface area contributed by atoms with Gasteiger partial charge >= 0.3 is 5.97 Å². The van der Waals surface area contributed by atoms with Crippen LogP contribution in [0.15, 0.2) is 24.0 Å². The van der Waals surface area contributed by atoms with Gasteiger partial charge < -0.3 is 19.9 Å². The molecule has 6 nitrogen and oxygen atoms in total. The molecule has 2 aliphatic rings. The fourth-order valence-electron chi connectivity index (χ4n) is 1.96. The second kappa shape index (κ2) is 4.21. The lowest BCUT2D eigenvalue weighted by Crippen LogP contribution is -2.57. The Hall–Kier alpha value is -1.82. The molecule has 0 aromatic heterocycles. The molecule has 1 amide bonds. The van der Waals surface area contributed by atoms with Crippen LogP contribution in [0.1, 0.15) is 6.42 Å². The van der Waals surface area contributed by atoms with E-state index in [1.54, 1.807) is 6.08 Å². The van der Waals surface area contributed by atoms with E-state index in [9.17, 15) is 14.7 Å². The molecule has 92 valence electrons. The van der Waals surface area contributed by atoms with Crippen molar-refractivity contribution in [2.75, 3.05) is 7.11 Å². The van der Waals surface area contributed by atoms with Gasteiger partial charge in [0.05, 0.1) is 19.3 Å². The number of carbonyl (C=O) groups excluding carboxylic acids is 2. The van der Waals surface area contributed by atoms with Crippen LogP contribution in [0.3, 0.4) is 0 Å². The van der Waals surface area contributed by atoms with Crippen molar-refractivity contribution in [1.82, 2.24) is 5.32 Å². The Bertz CT molecular complexity index is 414. The van der Waals surface area contributed by atoms with E-state index >= 15 is 0 Å². The summed E-state index contributed by atoms with van der Waals surface area (Å²) in [6.45, 7) is 3.44. The third-order valence-corrected chi connectivity index (χ3v) is 2.84. The molecule has 1 aliphatic carbocycles. The largest absolute Gasteiger partial charge is 0.479 e. The van der Waals surface area contributed by atoms with Crippen molar-refractivity contribution in [2.45, 2.75) is 24.7 Å². The molecule has 3 atom stereocenters. The molecule has 6 heteroatoms. The Labute approximate surface area is 97.9 Å². The van der Waals surface area contributed by atoms with E-state index in [1.165, 1.54) is 7.11 Å². The molecule has 3 unspecified atom stereocenters. The van der Waals surface area contributed by atoms with Gasteiger partial charge in [-0.2, -0.15) is 0 Å². The zero-order valence-corrected chi connectivity index (χ0v) is 9.30. The number of rotatable bonds is 1. The SMILES string of the molecule is C=C1OC2C=C(C(=O)OC)CC(O)C2NC1=O. The van der Waals surface area contributed by atoms with Crippen molar-refractivity contribution in [1.29, 1.82) is 0 Å². The summed E-state index contributed by atoms with van der Waals surface area (Å²) < 4.78 is 9.83. The van der Waals surface area contributed by atoms with Crippen molar-refractivity contribution in [2.24, 2.45) is 0 Å². The second-order valence-electron chi connectivity index (χ2n) is 3.96. The van der Waals surface area contributed by atoms with Crippen molar-refractivity contribution in [3.63, 3.8) is 0 Å². The first-order chi connectivity index (χ1) is 8.02. The summed E-state index contributed by atoms with van der Waals surface area (Å²) in [6, 6.07) is -0.554. The third-order valence-electron chi connectivity index (χ3n) is 2.84. The maximum absolute atomic E-state index is 11.4. The Balaban J connectivity index is 2.24. The smallest absolute Gasteiger partial charge is 0.333 e.